The maximum absolute atomic E-state index is 11.6. The van der Waals surface area contributed by atoms with Crippen molar-refractivity contribution in [3.05, 3.63) is 11.5 Å². The van der Waals surface area contributed by atoms with Crippen LogP contribution in [-0.4, -0.2) is 156 Å². The van der Waals surface area contributed by atoms with Crippen LogP contribution in [0.3, 0.4) is 0 Å². The van der Waals surface area contributed by atoms with Crippen molar-refractivity contribution in [2.75, 3.05) is 6.61 Å². The summed E-state index contributed by atoms with van der Waals surface area (Å²) >= 11 is 0. The molecule has 0 aromatic carbocycles. The fourth-order valence-electron chi connectivity index (χ4n) is 1.68. The van der Waals surface area contributed by atoms with Gasteiger partial charge in [0, 0.05) is 0 Å². The van der Waals surface area contributed by atoms with E-state index >= 15 is 0 Å². The Labute approximate surface area is 190 Å². The molecule has 0 unspecified atom stereocenters. The van der Waals surface area contributed by atoms with Gasteiger partial charge in [-0.15, -0.1) is 0 Å². The average molecular weight is 400 g/mol. The van der Waals surface area contributed by atoms with E-state index in [4.69, 9.17) is 10.2 Å². The van der Waals surface area contributed by atoms with Crippen LogP contribution in [0.4, 0.5) is 0 Å². The molecular weight excluding hydrogens is 382 g/mol. The summed E-state index contributed by atoms with van der Waals surface area (Å²) in [7, 11) is 0. The van der Waals surface area contributed by atoms with Crippen LogP contribution >= 0.6 is 0 Å². The second kappa shape index (κ2) is 12.4. The summed E-state index contributed by atoms with van der Waals surface area (Å²) < 4.78 is 8.79. The summed E-state index contributed by atoms with van der Waals surface area (Å²) in [5.74, 6) is -5.26. The van der Waals surface area contributed by atoms with Crippen LogP contribution in [0.25, 0.3) is 0 Å². The van der Waals surface area contributed by atoms with Gasteiger partial charge >= 0.3 is 71.1 Å². The van der Waals surface area contributed by atoms with Gasteiger partial charge in [-0.1, -0.05) is 0 Å². The molecule has 140 valence electrons. The maximum atomic E-state index is 11.6. The Morgan fingerprint density at radius 2 is 1.69 bits per heavy atom. The minimum absolute atomic E-state index is 0. The number of hydrogen-bond acceptors (Lipinski definition) is 12. The SMILES string of the molecule is O=C[C@H](O)[C@@H](O)[C@H](O)[C@H](O)C(=O)OC1=C(O)[C@@H]([C@@H](O)CO)OC1=O.[NaH].[NaH]. The molecule has 0 fully saturated rings. The van der Waals surface area contributed by atoms with Crippen LogP contribution in [0.2, 0.25) is 0 Å². The first-order valence-electron chi connectivity index (χ1n) is 6.48. The van der Waals surface area contributed by atoms with Gasteiger partial charge in [0.1, 0.15) is 24.4 Å². The van der Waals surface area contributed by atoms with Gasteiger partial charge in [-0.05, 0) is 0 Å². The zero-order valence-electron chi connectivity index (χ0n) is 11.9. The van der Waals surface area contributed by atoms with Crippen molar-refractivity contribution in [2.45, 2.75) is 36.6 Å². The van der Waals surface area contributed by atoms with E-state index in [0.717, 1.165) is 0 Å². The van der Waals surface area contributed by atoms with Crippen molar-refractivity contribution < 1.29 is 59.6 Å². The molecule has 0 aromatic rings. The predicted molar refractivity (Wildman–Crippen MR) is 83.1 cm³/mol. The van der Waals surface area contributed by atoms with Crippen molar-refractivity contribution in [1.29, 1.82) is 0 Å². The van der Waals surface area contributed by atoms with E-state index < -0.39 is 66.7 Å². The second-order valence-electron chi connectivity index (χ2n) is 4.76. The molecule has 26 heavy (non-hydrogen) atoms. The Morgan fingerprint density at radius 1 is 1.15 bits per heavy atom. The number of cyclic esters (lactones) is 1. The van der Waals surface area contributed by atoms with E-state index in [1.54, 1.807) is 0 Å². The molecule has 1 aliphatic rings. The molecule has 6 atom stereocenters. The van der Waals surface area contributed by atoms with Crippen molar-refractivity contribution in [3.8, 4) is 0 Å². The number of esters is 2. The van der Waals surface area contributed by atoms with Crippen LogP contribution in [0.5, 0.6) is 0 Å². The second-order valence-corrected chi connectivity index (χ2v) is 4.76. The van der Waals surface area contributed by atoms with Crippen molar-refractivity contribution in [2.24, 2.45) is 0 Å². The first-order valence-corrected chi connectivity index (χ1v) is 6.48. The molecule has 0 amide bonds. The van der Waals surface area contributed by atoms with Gasteiger partial charge in [-0.2, -0.15) is 0 Å². The molecule has 0 aliphatic carbocycles. The molecule has 1 rings (SSSR count). The third-order valence-electron chi connectivity index (χ3n) is 3.06. The molecule has 12 nitrogen and oxygen atoms in total. The molecule has 0 spiro atoms. The van der Waals surface area contributed by atoms with E-state index in [1.165, 1.54) is 0 Å². The Morgan fingerprint density at radius 3 is 2.15 bits per heavy atom. The Hall–Kier alpha value is -0.0900. The van der Waals surface area contributed by atoms with Crippen LogP contribution in [0.1, 0.15) is 0 Å². The average Bonchev–Trinajstić information content (AvgIpc) is 2.86. The quantitative estimate of drug-likeness (QED) is 0.115. The normalized spacial score (nSPS) is 22.1. The number of aliphatic hydroxyl groups excluding tert-OH is 7. The first kappa shape index (κ1) is 28.1. The van der Waals surface area contributed by atoms with Crippen molar-refractivity contribution in [3.63, 3.8) is 0 Å². The fraction of sp³-hybridized carbons (Fsp3) is 0.583. The predicted octanol–water partition coefficient (Wildman–Crippen LogP) is -6.08. The third-order valence-corrected chi connectivity index (χ3v) is 3.06. The Bertz CT molecular complexity index is 538. The van der Waals surface area contributed by atoms with E-state index in [9.17, 15) is 39.9 Å². The molecule has 0 aromatic heterocycles. The molecule has 14 heteroatoms. The summed E-state index contributed by atoms with van der Waals surface area (Å²) in [6.07, 6.45) is -12.7. The molecule has 0 bridgehead atoms. The summed E-state index contributed by atoms with van der Waals surface area (Å²) in [6, 6.07) is 0. The summed E-state index contributed by atoms with van der Waals surface area (Å²) in [5, 5.41) is 64.9. The van der Waals surface area contributed by atoms with Gasteiger partial charge < -0.3 is 50.0 Å². The van der Waals surface area contributed by atoms with Gasteiger partial charge in [0.2, 0.25) is 0 Å². The summed E-state index contributed by atoms with van der Waals surface area (Å²) in [6.45, 7) is -0.889. The van der Waals surface area contributed by atoms with Crippen LogP contribution in [0.15, 0.2) is 11.5 Å². The van der Waals surface area contributed by atoms with E-state index in [1.807, 2.05) is 0 Å². The molecular formula is C12H18Na2O12. The third kappa shape index (κ3) is 6.51. The molecule has 1 aliphatic heterocycles. The molecule has 7 N–H and O–H groups in total. The number of carbonyl (C=O) groups excluding carboxylic acids is 3. The first-order chi connectivity index (χ1) is 11.1. The van der Waals surface area contributed by atoms with Crippen molar-refractivity contribution >= 4 is 77.3 Å². The standard InChI is InChI=1S/C12H16O12.2Na.2H/c13-1-3(15)5(17)6(18)7(19)11(21)24-10-8(20)9(4(16)2-14)23-12(10)22;;;;/h1,3-7,9,14-20H,2H2;;;;/t3-,4-,5+,6-,7-,9+;;;;/m0..../s1. The van der Waals surface area contributed by atoms with E-state index in [2.05, 4.69) is 9.47 Å². The number of carbonyl (C=O) groups is 3. The zero-order chi connectivity index (χ0) is 18.6. The monoisotopic (exact) mass is 400 g/mol. The zero-order valence-corrected chi connectivity index (χ0v) is 11.9. The number of rotatable bonds is 8. The Kier molecular flexibility index (Phi) is 13.4. The molecule has 0 saturated heterocycles. The molecule has 0 saturated carbocycles. The van der Waals surface area contributed by atoms with Gasteiger partial charge in [-0.25, -0.2) is 9.59 Å². The number of hydrogen-bond donors (Lipinski definition) is 7. The topological polar surface area (TPSA) is 211 Å². The number of aldehydes is 1. The fourth-order valence-corrected chi connectivity index (χ4v) is 1.68. The van der Waals surface area contributed by atoms with Crippen LogP contribution < -0.4 is 0 Å². The molecule has 1 heterocycles. The van der Waals surface area contributed by atoms with Crippen LogP contribution in [-0.2, 0) is 23.9 Å². The number of aliphatic hydroxyl groups is 7. The van der Waals surface area contributed by atoms with Crippen molar-refractivity contribution in [1.82, 2.24) is 0 Å². The van der Waals surface area contributed by atoms with Crippen LogP contribution in [0, 0.1) is 0 Å². The van der Waals surface area contributed by atoms with E-state index in [0.29, 0.717) is 0 Å². The van der Waals surface area contributed by atoms with Gasteiger partial charge in [-0.3, -0.25) is 0 Å². The summed E-state index contributed by atoms with van der Waals surface area (Å²) in [5.41, 5.74) is 0. The van der Waals surface area contributed by atoms with Gasteiger partial charge in [0.05, 0.1) is 6.61 Å². The Balaban J connectivity index is 0. The van der Waals surface area contributed by atoms with Gasteiger partial charge in [0.15, 0.2) is 24.3 Å². The molecule has 0 radical (unpaired) electrons. The summed E-state index contributed by atoms with van der Waals surface area (Å²) in [4.78, 5) is 33.3. The minimum atomic E-state index is -2.50. The number of ether oxygens (including phenoxy) is 2. The van der Waals surface area contributed by atoms with E-state index in [-0.39, 0.29) is 65.4 Å². The van der Waals surface area contributed by atoms with Gasteiger partial charge in [0.25, 0.3) is 5.76 Å².